The van der Waals surface area contributed by atoms with Crippen LogP contribution in [-0.2, 0) is 10.0 Å². The van der Waals surface area contributed by atoms with Gasteiger partial charge in [-0.15, -0.1) is 0 Å². The van der Waals surface area contributed by atoms with Gasteiger partial charge < -0.3 is 4.90 Å². The highest BCUT2D eigenvalue weighted by Gasteiger charge is 2.24. The van der Waals surface area contributed by atoms with Gasteiger partial charge in [0, 0.05) is 25.7 Å². The molecule has 0 bridgehead atoms. The minimum atomic E-state index is -3.81. The van der Waals surface area contributed by atoms with E-state index in [0.717, 1.165) is 6.07 Å². The van der Waals surface area contributed by atoms with E-state index in [2.05, 4.69) is 4.72 Å². The van der Waals surface area contributed by atoms with E-state index in [0.29, 0.717) is 5.56 Å². The van der Waals surface area contributed by atoms with Crippen LogP contribution in [-0.4, -0.2) is 37.9 Å². The second-order valence-electron chi connectivity index (χ2n) is 6.11. The monoisotopic (exact) mass is 327 g/mol. The summed E-state index contributed by atoms with van der Waals surface area (Å²) in [5.41, 5.74) is -0.583. The average Bonchev–Trinajstić information content (AvgIpc) is 2.32. The van der Waals surface area contributed by atoms with Crippen LogP contribution in [0.25, 0.3) is 6.08 Å². The highest BCUT2D eigenvalue weighted by Crippen LogP contribution is 2.25. The van der Waals surface area contributed by atoms with Crippen molar-refractivity contribution in [1.29, 1.82) is 0 Å². The second-order valence-corrected chi connectivity index (χ2v) is 7.79. The number of hydrogen-bond acceptors (Lipinski definition) is 5. The summed E-state index contributed by atoms with van der Waals surface area (Å²) in [6.45, 7) is 5.10. The quantitative estimate of drug-likeness (QED) is 0.661. The first-order valence-electron chi connectivity index (χ1n) is 6.59. The summed E-state index contributed by atoms with van der Waals surface area (Å²) < 4.78 is 27.0. The molecule has 1 aromatic rings. The number of nitro benzene ring substituents is 1. The molecule has 122 valence electrons. The van der Waals surface area contributed by atoms with E-state index in [1.165, 1.54) is 12.1 Å². The Morgan fingerprint density at radius 2 is 1.86 bits per heavy atom. The van der Waals surface area contributed by atoms with Crippen molar-refractivity contribution in [3.05, 3.63) is 40.1 Å². The molecule has 1 rings (SSSR count). The molecule has 7 nitrogen and oxygen atoms in total. The predicted molar refractivity (Wildman–Crippen MR) is 85.9 cm³/mol. The topological polar surface area (TPSA) is 92.6 Å². The molecule has 1 N–H and O–H groups in total. The third-order valence-electron chi connectivity index (χ3n) is 2.50. The molecule has 0 saturated carbocycles. The Balaban J connectivity index is 3.32. The number of nitrogens with one attached hydrogen (secondary N) is 1. The Kier molecular flexibility index (Phi) is 5.31. The molecule has 22 heavy (non-hydrogen) atoms. The van der Waals surface area contributed by atoms with Crippen molar-refractivity contribution in [3.63, 3.8) is 0 Å². The number of nitrogens with zero attached hydrogens (tertiary/aromatic N) is 2. The van der Waals surface area contributed by atoms with Crippen molar-refractivity contribution in [1.82, 2.24) is 9.62 Å². The molecule has 0 spiro atoms. The molecular formula is C14H21N3O4S. The first kappa shape index (κ1) is 18.1. The van der Waals surface area contributed by atoms with Crippen LogP contribution in [0.4, 0.5) is 5.69 Å². The highest BCUT2D eigenvalue weighted by atomic mass is 32.2. The summed E-state index contributed by atoms with van der Waals surface area (Å²) in [5.74, 6) is 0. The lowest BCUT2D eigenvalue weighted by Gasteiger charge is -2.20. The van der Waals surface area contributed by atoms with Crippen molar-refractivity contribution in [2.75, 3.05) is 14.1 Å². The van der Waals surface area contributed by atoms with Crippen LogP contribution in [0.2, 0.25) is 0 Å². The van der Waals surface area contributed by atoms with Gasteiger partial charge in [-0.2, -0.15) is 0 Å². The van der Waals surface area contributed by atoms with E-state index in [1.54, 1.807) is 52.0 Å². The normalized spacial score (nSPS) is 12.6. The van der Waals surface area contributed by atoms with E-state index >= 15 is 0 Å². The van der Waals surface area contributed by atoms with Crippen molar-refractivity contribution in [2.24, 2.45) is 0 Å². The summed E-state index contributed by atoms with van der Waals surface area (Å²) >= 11 is 0. The van der Waals surface area contributed by atoms with Gasteiger partial charge in [-0.25, -0.2) is 13.1 Å². The van der Waals surface area contributed by atoms with E-state index in [4.69, 9.17) is 0 Å². The van der Waals surface area contributed by atoms with Gasteiger partial charge in [-0.05, 0) is 45.2 Å². The Labute approximate surface area is 130 Å². The van der Waals surface area contributed by atoms with Gasteiger partial charge in [-0.1, -0.05) is 0 Å². The summed E-state index contributed by atoms with van der Waals surface area (Å²) in [7, 11) is -0.239. The first-order valence-corrected chi connectivity index (χ1v) is 8.08. The van der Waals surface area contributed by atoms with Crippen molar-refractivity contribution in [2.45, 2.75) is 31.2 Å². The van der Waals surface area contributed by atoms with Crippen LogP contribution >= 0.6 is 0 Å². The zero-order valence-corrected chi connectivity index (χ0v) is 14.1. The fourth-order valence-corrected chi connectivity index (χ4v) is 3.12. The third kappa shape index (κ3) is 5.12. The smallest absolute Gasteiger partial charge is 0.277 e. The Bertz CT molecular complexity index is 689. The van der Waals surface area contributed by atoms with Gasteiger partial charge in [0.2, 0.25) is 10.0 Å². The van der Waals surface area contributed by atoms with Gasteiger partial charge in [0.1, 0.15) is 0 Å². The number of rotatable bonds is 5. The third-order valence-corrected chi connectivity index (χ3v) is 4.26. The van der Waals surface area contributed by atoms with Crippen LogP contribution < -0.4 is 4.72 Å². The van der Waals surface area contributed by atoms with E-state index in [-0.39, 0.29) is 10.6 Å². The Morgan fingerprint density at radius 3 is 2.32 bits per heavy atom. The lowest BCUT2D eigenvalue weighted by Crippen LogP contribution is -2.40. The fourth-order valence-electron chi connectivity index (χ4n) is 1.68. The van der Waals surface area contributed by atoms with Gasteiger partial charge in [0.25, 0.3) is 5.69 Å². The molecule has 0 aliphatic heterocycles. The zero-order valence-electron chi connectivity index (χ0n) is 13.3. The van der Waals surface area contributed by atoms with Gasteiger partial charge >= 0.3 is 0 Å². The second kappa shape index (κ2) is 6.45. The van der Waals surface area contributed by atoms with Crippen LogP contribution in [0.3, 0.4) is 0 Å². The van der Waals surface area contributed by atoms with Gasteiger partial charge in [-0.3, -0.25) is 10.1 Å². The first-order chi connectivity index (χ1) is 9.92. The molecule has 0 heterocycles. The van der Waals surface area contributed by atoms with Gasteiger partial charge in [0.15, 0.2) is 0 Å². The maximum atomic E-state index is 12.2. The van der Waals surface area contributed by atoms with E-state index in [1.807, 2.05) is 0 Å². The minimum absolute atomic E-state index is 0.129. The summed E-state index contributed by atoms with van der Waals surface area (Å²) in [6.07, 6.45) is 3.22. The molecule has 0 aromatic heterocycles. The van der Waals surface area contributed by atoms with Crippen LogP contribution in [0.1, 0.15) is 26.3 Å². The number of hydrogen-bond donors (Lipinski definition) is 1. The van der Waals surface area contributed by atoms with Crippen molar-refractivity contribution < 1.29 is 13.3 Å². The molecule has 0 fully saturated rings. The molecule has 1 aromatic carbocycles. The van der Waals surface area contributed by atoms with E-state index < -0.39 is 20.5 Å². The summed E-state index contributed by atoms with van der Waals surface area (Å²) in [5, 5.41) is 11.2. The molecule has 0 atom stereocenters. The Hall–Kier alpha value is -1.93. The molecular weight excluding hydrogens is 306 g/mol. The average molecular weight is 327 g/mol. The molecule has 0 radical (unpaired) electrons. The molecule has 0 amide bonds. The van der Waals surface area contributed by atoms with Crippen LogP contribution in [0.5, 0.6) is 0 Å². The van der Waals surface area contributed by atoms with Crippen LogP contribution in [0, 0.1) is 10.1 Å². The maximum absolute atomic E-state index is 12.2. The summed E-state index contributed by atoms with van der Waals surface area (Å²) in [4.78, 5) is 12.2. The SMILES string of the molecule is CN(C)C=Cc1ccc(S(=O)(=O)NC(C)(C)C)cc1[N+](=O)[O-]. The standard InChI is InChI=1S/C14H21N3O4S/c1-14(2,3)15-22(20,21)12-7-6-11(8-9-16(4)5)13(10-12)17(18)19/h6-10,15H,1-5H3. The van der Waals surface area contributed by atoms with E-state index in [9.17, 15) is 18.5 Å². The molecule has 0 unspecified atom stereocenters. The maximum Gasteiger partial charge on any atom is 0.277 e. The predicted octanol–water partition coefficient (Wildman–Crippen LogP) is 2.20. The molecule has 0 aliphatic rings. The molecule has 8 heteroatoms. The highest BCUT2D eigenvalue weighted by molar-refractivity contribution is 7.89. The van der Waals surface area contributed by atoms with Crippen molar-refractivity contribution >= 4 is 21.8 Å². The largest absolute Gasteiger partial charge is 0.383 e. The molecule has 0 saturated heterocycles. The lowest BCUT2D eigenvalue weighted by molar-refractivity contribution is -0.385. The van der Waals surface area contributed by atoms with Gasteiger partial charge in [0.05, 0.1) is 15.4 Å². The Morgan fingerprint density at radius 1 is 1.27 bits per heavy atom. The molecule has 0 aliphatic carbocycles. The minimum Gasteiger partial charge on any atom is -0.383 e. The number of benzene rings is 1. The van der Waals surface area contributed by atoms with Crippen LogP contribution in [0.15, 0.2) is 29.3 Å². The lowest BCUT2D eigenvalue weighted by atomic mass is 10.1. The van der Waals surface area contributed by atoms with Crippen molar-refractivity contribution in [3.8, 4) is 0 Å². The number of sulfonamides is 1. The zero-order chi connectivity index (χ0) is 17.1. The number of nitro groups is 1. The fraction of sp³-hybridized carbons (Fsp3) is 0.429. The summed E-state index contributed by atoms with van der Waals surface area (Å²) in [6, 6.07) is 3.86.